The Kier molecular flexibility index (Phi) is 7.06. The fourth-order valence-electron chi connectivity index (χ4n) is 1.83. The molecule has 1 aromatic carbocycles. The fourth-order valence-corrected chi connectivity index (χ4v) is 1.83. The SMILES string of the molecule is CC(C)CONCC(O)c1ccc(CC(C)C)cc1. The molecule has 0 aliphatic heterocycles. The Morgan fingerprint density at radius 3 is 2.21 bits per heavy atom. The van der Waals surface area contributed by atoms with Crippen LogP contribution >= 0.6 is 0 Å². The lowest BCUT2D eigenvalue weighted by atomic mass is 10.0. The zero-order valence-corrected chi connectivity index (χ0v) is 12.5. The lowest BCUT2D eigenvalue weighted by Gasteiger charge is -2.14. The molecule has 0 heterocycles. The van der Waals surface area contributed by atoms with Crippen LogP contribution in [0.3, 0.4) is 0 Å². The molecule has 0 saturated carbocycles. The summed E-state index contributed by atoms with van der Waals surface area (Å²) in [5.74, 6) is 1.14. The zero-order chi connectivity index (χ0) is 14.3. The van der Waals surface area contributed by atoms with Crippen LogP contribution in [0.1, 0.15) is 44.9 Å². The molecule has 0 aliphatic rings. The summed E-state index contributed by atoms with van der Waals surface area (Å²) in [5.41, 5.74) is 5.05. The monoisotopic (exact) mass is 265 g/mol. The topological polar surface area (TPSA) is 41.5 Å². The molecule has 3 nitrogen and oxygen atoms in total. The molecule has 0 spiro atoms. The molecule has 0 amide bonds. The number of hydrogen-bond acceptors (Lipinski definition) is 3. The summed E-state index contributed by atoms with van der Waals surface area (Å²) in [7, 11) is 0. The molecule has 0 saturated heterocycles. The van der Waals surface area contributed by atoms with Gasteiger partial charge in [-0.15, -0.1) is 0 Å². The molecule has 0 aromatic heterocycles. The number of hydrogen-bond donors (Lipinski definition) is 2. The molecular formula is C16H27NO2. The molecule has 3 heteroatoms. The number of aliphatic hydroxyl groups is 1. The highest BCUT2D eigenvalue weighted by atomic mass is 16.6. The van der Waals surface area contributed by atoms with E-state index in [1.807, 2.05) is 12.1 Å². The van der Waals surface area contributed by atoms with Crippen molar-refractivity contribution in [2.24, 2.45) is 11.8 Å². The van der Waals surface area contributed by atoms with Gasteiger partial charge in [-0.3, -0.25) is 0 Å². The van der Waals surface area contributed by atoms with Crippen LogP contribution in [0.2, 0.25) is 0 Å². The van der Waals surface area contributed by atoms with Crippen molar-refractivity contribution >= 4 is 0 Å². The van der Waals surface area contributed by atoms with Crippen molar-refractivity contribution < 1.29 is 9.94 Å². The Labute approximate surface area is 116 Å². The van der Waals surface area contributed by atoms with Gasteiger partial charge < -0.3 is 9.94 Å². The van der Waals surface area contributed by atoms with Crippen molar-refractivity contribution in [3.63, 3.8) is 0 Å². The lowest BCUT2D eigenvalue weighted by Crippen LogP contribution is -2.23. The standard InChI is InChI=1S/C16H27NO2/c1-12(2)9-14-5-7-15(8-6-14)16(18)10-17-19-11-13(3)4/h5-8,12-13,16-18H,9-11H2,1-4H3. The Balaban J connectivity index is 2.37. The predicted molar refractivity (Wildman–Crippen MR) is 78.7 cm³/mol. The summed E-state index contributed by atoms with van der Waals surface area (Å²) in [4.78, 5) is 5.25. The van der Waals surface area contributed by atoms with E-state index >= 15 is 0 Å². The predicted octanol–water partition coefficient (Wildman–Crippen LogP) is 3.10. The molecule has 2 N–H and O–H groups in total. The summed E-state index contributed by atoms with van der Waals surface area (Å²) >= 11 is 0. The fraction of sp³-hybridized carbons (Fsp3) is 0.625. The second-order valence-electron chi connectivity index (χ2n) is 5.91. The van der Waals surface area contributed by atoms with Gasteiger partial charge in [-0.2, -0.15) is 5.48 Å². The van der Waals surface area contributed by atoms with Gasteiger partial charge in [-0.25, -0.2) is 0 Å². The maximum atomic E-state index is 10.0. The second kappa shape index (κ2) is 8.31. The van der Waals surface area contributed by atoms with Crippen LogP contribution in [0.5, 0.6) is 0 Å². The van der Waals surface area contributed by atoms with Gasteiger partial charge >= 0.3 is 0 Å². The molecule has 0 bridgehead atoms. The van der Waals surface area contributed by atoms with E-state index in [0.29, 0.717) is 25.0 Å². The van der Waals surface area contributed by atoms with Gasteiger partial charge in [0.15, 0.2) is 0 Å². The van der Waals surface area contributed by atoms with Crippen molar-refractivity contribution in [3.05, 3.63) is 35.4 Å². The van der Waals surface area contributed by atoms with Crippen molar-refractivity contribution in [1.29, 1.82) is 0 Å². The number of aliphatic hydroxyl groups excluding tert-OH is 1. The normalized spacial score (nSPS) is 13.2. The van der Waals surface area contributed by atoms with Crippen LogP contribution in [0.4, 0.5) is 0 Å². The minimum absolute atomic E-state index is 0.413. The third kappa shape index (κ3) is 6.71. The van der Waals surface area contributed by atoms with Gasteiger partial charge in [-0.05, 0) is 29.4 Å². The van der Waals surface area contributed by atoms with Gasteiger partial charge in [0, 0.05) is 0 Å². The van der Waals surface area contributed by atoms with Crippen LogP contribution in [0.15, 0.2) is 24.3 Å². The maximum absolute atomic E-state index is 10.0. The zero-order valence-electron chi connectivity index (χ0n) is 12.5. The van der Waals surface area contributed by atoms with E-state index in [4.69, 9.17) is 4.84 Å². The summed E-state index contributed by atoms with van der Waals surface area (Å²) < 4.78 is 0. The summed E-state index contributed by atoms with van der Waals surface area (Å²) in [6.07, 6.45) is 0.548. The Morgan fingerprint density at radius 2 is 1.68 bits per heavy atom. The average Bonchev–Trinajstić information content (AvgIpc) is 2.34. The van der Waals surface area contributed by atoms with Crippen LogP contribution < -0.4 is 5.48 Å². The van der Waals surface area contributed by atoms with Crippen molar-refractivity contribution in [2.45, 2.75) is 40.2 Å². The van der Waals surface area contributed by atoms with Gasteiger partial charge in [0.25, 0.3) is 0 Å². The van der Waals surface area contributed by atoms with Crippen molar-refractivity contribution in [1.82, 2.24) is 5.48 Å². The largest absolute Gasteiger partial charge is 0.387 e. The summed E-state index contributed by atoms with van der Waals surface area (Å²) in [6.45, 7) is 9.66. The van der Waals surface area contributed by atoms with Crippen LogP contribution in [-0.2, 0) is 11.3 Å². The van der Waals surface area contributed by atoms with Gasteiger partial charge in [0.05, 0.1) is 19.3 Å². The van der Waals surface area contributed by atoms with E-state index in [1.54, 1.807) is 0 Å². The van der Waals surface area contributed by atoms with Crippen LogP contribution in [0, 0.1) is 11.8 Å². The first-order chi connectivity index (χ1) is 8.99. The molecule has 1 atom stereocenters. The minimum Gasteiger partial charge on any atom is -0.387 e. The lowest BCUT2D eigenvalue weighted by molar-refractivity contribution is 0.000338. The van der Waals surface area contributed by atoms with E-state index in [-0.39, 0.29) is 0 Å². The molecule has 0 aliphatic carbocycles. The van der Waals surface area contributed by atoms with Crippen molar-refractivity contribution in [2.75, 3.05) is 13.2 Å². The smallest absolute Gasteiger partial charge is 0.0937 e. The van der Waals surface area contributed by atoms with E-state index in [0.717, 1.165) is 12.0 Å². The van der Waals surface area contributed by atoms with E-state index in [9.17, 15) is 5.11 Å². The summed E-state index contributed by atoms with van der Waals surface area (Å²) in [5, 5.41) is 10.0. The molecule has 0 fully saturated rings. The maximum Gasteiger partial charge on any atom is 0.0937 e. The molecule has 0 radical (unpaired) electrons. The summed E-state index contributed by atoms with van der Waals surface area (Å²) in [6, 6.07) is 8.17. The quantitative estimate of drug-likeness (QED) is 0.560. The second-order valence-corrected chi connectivity index (χ2v) is 5.91. The Bertz CT molecular complexity index is 346. The molecule has 1 rings (SSSR count). The Morgan fingerprint density at radius 1 is 1.05 bits per heavy atom. The third-order valence-electron chi connectivity index (χ3n) is 2.80. The van der Waals surface area contributed by atoms with Gasteiger partial charge in [-0.1, -0.05) is 52.0 Å². The number of rotatable bonds is 8. The van der Waals surface area contributed by atoms with E-state index in [1.165, 1.54) is 5.56 Å². The van der Waals surface area contributed by atoms with Gasteiger partial charge in [0.1, 0.15) is 0 Å². The average molecular weight is 265 g/mol. The number of nitrogens with one attached hydrogen (secondary N) is 1. The number of benzene rings is 1. The van der Waals surface area contributed by atoms with E-state index < -0.39 is 6.10 Å². The first-order valence-corrected chi connectivity index (χ1v) is 7.10. The molecule has 108 valence electrons. The molecular weight excluding hydrogens is 238 g/mol. The minimum atomic E-state index is -0.528. The first-order valence-electron chi connectivity index (χ1n) is 7.10. The Hall–Kier alpha value is -0.900. The molecule has 1 aromatic rings. The third-order valence-corrected chi connectivity index (χ3v) is 2.80. The van der Waals surface area contributed by atoms with Crippen molar-refractivity contribution in [3.8, 4) is 0 Å². The molecule has 1 unspecified atom stereocenters. The molecule has 19 heavy (non-hydrogen) atoms. The van der Waals surface area contributed by atoms with Crippen LogP contribution in [0.25, 0.3) is 0 Å². The van der Waals surface area contributed by atoms with Crippen LogP contribution in [-0.4, -0.2) is 18.3 Å². The number of hydroxylamine groups is 1. The highest BCUT2D eigenvalue weighted by molar-refractivity contribution is 5.24. The highest BCUT2D eigenvalue weighted by Crippen LogP contribution is 2.15. The highest BCUT2D eigenvalue weighted by Gasteiger charge is 2.07. The van der Waals surface area contributed by atoms with Gasteiger partial charge in [0.2, 0.25) is 0 Å². The first kappa shape index (κ1) is 16.2. The van der Waals surface area contributed by atoms with E-state index in [2.05, 4.69) is 45.3 Å².